The Morgan fingerprint density at radius 2 is 1.61 bits per heavy atom. The van der Waals surface area contributed by atoms with Crippen LogP contribution in [0.4, 0.5) is 42.1 Å². The Balaban J connectivity index is 1.84. The van der Waals surface area contributed by atoms with Crippen LogP contribution >= 0.6 is 0 Å². The molecule has 0 radical (unpaired) electrons. The van der Waals surface area contributed by atoms with Gasteiger partial charge in [-0.05, 0) is 42.5 Å². The highest BCUT2D eigenvalue weighted by Crippen LogP contribution is 2.38. The largest absolute Gasteiger partial charge is 0.461 e. The minimum Gasteiger partial charge on any atom is -0.450 e. The van der Waals surface area contributed by atoms with Crippen molar-refractivity contribution in [1.82, 2.24) is 0 Å². The summed E-state index contributed by atoms with van der Waals surface area (Å²) in [6.07, 6.45) is -13.8. The first-order valence-corrected chi connectivity index (χ1v) is 9.67. The third-order valence-corrected chi connectivity index (χ3v) is 4.44. The van der Waals surface area contributed by atoms with E-state index in [9.17, 15) is 45.6 Å². The smallest absolute Gasteiger partial charge is 0.450 e. The summed E-state index contributed by atoms with van der Waals surface area (Å²) in [6, 6.07) is 11.0. The van der Waals surface area contributed by atoms with Crippen LogP contribution in [0.15, 0.2) is 66.7 Å². The van der Waals surface area contributed by atoms with Crippen LogP contribution in [0.25, 0.3) is 0 Å². The Hall–Kier alpha value is -4.36. The monoisotopic (exact) mass is 518 g/mol. The van der Waals surface area contributed by atoms with E-state index in [0.29, 0.717) is 6.07 Å². The van der Waals surface area contributed by atoms with Crippen molar-refractivity contribution in [3.8, 4) is 17.2 Å². The molecule has 0 bridgehead atoms. The van der Waals surface area contributed by atoms with E-state index < -0.39 is 52.3 Å². The molecule has 3 aromatic rings. The number of para-hydroxylation sites is 2. The van der Waals surface area contributed by atoms with Gasteiger partial charge >= 0.3 is 24.4 Å². The number of halogens is 7. The van der Waals surface area contributed by atoms with E-state index in [1.165, 1.54) is 30.3 Å². The fourth-order valence-electron chi connectivity index (χ4n) is 2.80. The number of carbonyl (C=O) groups excluding carboxylic acids is 1. The highest BCUT2D eigenvalue weighted by molar-refractivity contribution is 6.05. The minimum absolute atomic E-state index is 0.169. The van der Waals surface area contributed by atoms with Gasteiger partial charge in [0, 0.05) is 11.6 Å². The zero-order chi connectivity index (χ0) is 26.7. The van der Waals surface area contributed by atoms with Crippen molar-refractivity contribution >= 4 is 17.3 Å². The Morgan fingerprint density at radius 3 is 2.25 bits per heavy atom. The number of nitrogens with one attached hydrogen (secondary N) is 1. The lowest BCUT2D eigenvalue weighted by Gasteiger charge is -2.19. The first kappa shape index (κ1) is 26.2. The number of nitro groups is 1. The molecule has 0 aliphatic carbocycles. The lowest BCUT2D eigenvalue weighted by atomic mass is 10.1. The predicted molar refractivity (Wildman–Crippen MR) is 111 cm³/mol. The second-order valence-corrected chi connectivity index (χ2v) is 6.98. The number of benzene rings is 3. The van der Waals surface area contributed by atoms with Crippen LogP contribution in [-0.2, 0) is 6.18 Å². The molecule has 36 heavy (non-hydrogen) atoms. The number of nitro benzene ring substituents is 1. The zero-order valence-corrected chi connectivity index (χ0v) is 17.6. The van der Waals surface area contributed by atoms with Crippen LogP contribution in [-0.4, -0.2) is 23.4 Å². The first-order chi connectivity index (χ1) is 16.8. The normalized spacial score (nSPS) is 11.8. The van der Waals surface area contributed by atoms with Gasteiger partial charge in [-0.15, -0.1) is 0 Å². The maximum atomic E-state index is 13.3. The van der Waals surface area contributed by atoms with Crippen LogP contribution in [0, 0.1) is 10.1 Å². The summed E-state index contributed by atoms with van der Waals surface area (Å²) < 4.78 is 99.5. The van der Waals surface area contributed by atoms with Gasteiger partial charge in [0.2, 0.25) is 5.75 Å². The number of hydrogen-bond acceptors (Lipinski definition) is 5. The molecule has 0 aliphatic rings. The average molecular weight is 518 g/mol. The molecule has 7 nitrogen and oxygen atoms in total. The molecule has 0 fully saturated rings. The molecule has 1 amide bonds. The Kier molecular flexibility index (Phi) is 7.36. The minimum atomic E-state index is -4.83. The first-order valence-electron chi connectivity index (χ1n) is 9.67. The highest BCUT2D eigenvalue weighted by atomic mass is 19.4. The van der Waals surface area contributed by atoms with Crippen molar-refractivity contribution < 1.29 is 49.9 Å². The van der Waals surface area contributed by atoms with Gasteiger partial charge in [-0.3, -0.25) is 14.9 Å². The molecule has 190 valence electrons. The molecule has 3 rings (SSSR count). The maximum Gasteiger partial charge on any atom is 0.461 e. The van der Waals surface area contributed by atoms with Gasteiger partial charge in [-0.2, -0.15) is 30.7 Å². The zero-order valence-electron chi connectivity index (χ0n) is 17.6. The van der Waals surface area contributed by atoms with Crippen LogP contribution < -0.4 is 14.8 Å². The summed E-state index contributed by atoms with van der Waals surface area (Å²) in [4.78, 5) is 22.8. The lowest BCUT2D eigenvalue weighted by Crippen LogP contribution is -2.33. The quantitative estimate of drug-likeness (QED) is 0.199. The SMILES string of the molecule is O=C(Nc1ccccc1OC(F)(F)C(F)F)c1cccc(Oc2ccc(C(F)(F)F)cc2[N+](=O)[O-])c1. The average Bonchev–Trinajstić information content (AvgIpc) is 2.79. The number of nitrogens with zero attached hydrogens (tertiary/aromatic N) is 1. The van der Waals surface area contributed by atoms with Gasteiger partial charge in [-0.25, -0.2) is 0 Å². The van der Waals surface area contributed by atoms with Gasteiger partial charge in [0.25, 0.3) is 5.91 Å². The van der Waals surface area contributed by atoms with E-state index in [4.69, 9.17) is 4.74 Å². The molecule has 0 saturated carbocycles. The molecule has 0 aromatic heterocycles. The molecule has 0 spiro atoms. The predicted octanol–water partition coefficient (Wildman–Crippen LogP) is 6.89. The van der Waals surface area contributed by atoms with Gasteiger partial charge < -0.3 is 14.8 Å². The molecule has 0 aliphatic heterocycles. The number of hydrogen-bond donors (Lipinski definition) is 1. The number of carbonyl (C=O) groups is 1. The van der Waals surface area contributed by atoms with E-state index in [0.717, 1.165) is 24.3 Å². The number of anilines is 1. The van der Waals surface area contributed by atoms with Crippen molar-refractivity contribution in [2.75, 3.05) is 5.32 Å². The standard InChI is InChI=1S/C22H13F7N2O5/c23-20(24)22(28,29)36-17-7-2-1-6-15(17)30-19(32)12-4-3-5-14(10-12)35-18-9-8-13(21(25,26)27)11-16(18)31(33)34/h1-11,20H,(H,30,32). The molecule has 0 saturated heterocycles. The summed E-state index contributed by atoms with van der Waals surface area (Å²) in [5.74, 6) is -2.40. The topological polar surface area (TPSA) is 90.7 Å². The highest BCUT2D eigenvalue weighted by Gasteiger charge is 2.44. The van der Waals surface area contributed by atoms with E-state index in [-0.39, 0.29) is 23.1 Å². The Labute approximate surface area is 197 Å². The summed E-state index contributed by atoms with van der Waals surface area (Å²) in [5.41, 5.74) is -2.79. The molecule has 0 atom stereocenters. The summed E-state index contributed by atoms with van der Waals surface area (Å²) in [5, 5.41) is 13.4. The van der Waals surface area contributed by atoms with E-state index in [1.807, 2.05) is 0 Å². The second kappa shape index (κ2) is 10.1. The van der Waals surface area contributed by atoms with Crippen LogP contribution in [0.2, 0.25) is 0 Å². The lowest BCUT2D eigenvalue weighted by molar-refractivity contribution is -0.385. The fraction of sp³-hybridized carbons (Fsp3) is 0.136. The molecule has 14 heteroatoms. The van der Waals surface area contributed by atoms with Gasteiger partial charge in [-0.1, -0.05) is 18.2 Å². The molecular formula is C22H13F7N2O5. The van der Waals surface area contributed by atoms with Gasteiger partial charge in [0.1, 0.15) is 11.5 Å². The van der Waals surface area contributed by atoms with Crippen molar-refractivity contribution in [2.24, 2.45) is 0 Å². The fourth-order valence-corrected chi connectivity index (χ4v) is 2.80. The van der Waals surface area contributed by atoms with Crippen molar-refractivity contribution in [1.29, 1.82) is 0 Å². The molecule has 3 aromatic carbocycles. The van der Waals surface area contributed by atoms with E-state index in [2.05, 4.69) is 10.1 Å². The number of ether oxygens (including phenoxy) is 2. The van der Waals surface area contributed by atoms with Crippen LogP contribution in [0.5, 0.6) is 17.2 Å². The van der Waals surface area contributed by atoms with E-state index >= 15 is 0 Å². The summed E-state index contributed by atoms with van der Waals surface area (Å²) >= 11 is 0. The van der Waals surface area contributed by atoms with Crippen molar-refractivity contribution in [2.45, 2.75) is 18.7 Å². The molecule has 0 unspecified atom stereocenters. The van der Waals surface area contributed by atoms with Crippen LogP contribution in [0.1, 0.15) is 15.9 Å². The summed E-state index contributed by atoms with van der Waals surface area (Å²) in [7, 11) is 0. The molecule has 0 heterocycles. The van der Waals surface area contributed by atoms with Gasteiger partial charge in [0.05, 0.1) is 16.2 Å². The number of rotatable bonds is 8. The molecular weight excluding hydrogens is 505 g/mol. The number of alkyl halides is 7. The summed E-state index contributed by atoms with van der Waals surface area (Å²) in [6.45, 7) is 0. The Bertz CT molecular complexity index is 1280. The van der Waals surface area contributed by atoms with Crippen molar-refractivity contribution in [3.05, 3.63) is 88.0 Å². The third-order valence-electron chi connectivity index (χ3n) is 4.44. The van der Waals surface area contributed by atoms with Crippen molar-refractivity contribution in [3.63, 3.8) is 0 Å². The second-order valence-electron chi connectivity index (χ2n) is 6.98. The van der Waals surface area contributed by atoms with Gasteiger partial charge in [0.15, 0.2) is 0 Å². The molecule has 1 N–H and O–H groups in total. The van der Waals surface area contributed by atoms with E-state index in [1.54, 1.807) is 0 Å². The third kappa shape index (κ3) is 6.20. The Morgan fingerprint density at radius 1 is 0.917 bits per heavy atom. The number of amides is 1. The van der Waals surface area contributed by atoms with Crippen LogP contribution in [0.3, 0.4) is 0 Å². The maximum absolute atomic E-state index is 13.3.